The highest BCUT2D eigenvalue weighted by Gasteiger charge is 2.10. The third-order valence-corrected chi connectivity index (χ3v) is 1.74. The minimum absolute atomic E-state index is 0.0236. The summed E-state index contributed by atoms with van der Waals surface area (Å²) >= 11 is 0. The highest BCUT2D eigenvalue weighted by Crippen LogP contribution is 2.03. The van der Waals surface area contributed by atoms with Gasteiger partial charge in [0.05, 0.1) is 0 Å². The Labute approximate surface area is 72.7 Å². The second kappa shape index (κ2) is 7.21. The van der Waals surface area contributed by atoms with Crippen LogP contribution in [0, 0.1) is 0 Å². The summed E-state index contributed by atoms with van der Waals surface area (Å²) in [6.07, 6.45) is 2.41. The smallest absolute Gasteiger partial charge is 0.163 e. The van der Waals surface area contributed by atoms with Gasteiger partial charge < -0.3 is 5.11 Å². The number of rotatable bonds is 7. The first-order valence-corrected chi connectivity index (χ1v) is 4.21. The van der Waals surface area contributed by atoms with Gasteiger partial charge in [-0.15, -0.1) is 0 Å². The number of aliphatic hydroxyl groups is 1. The summed E-state index contributed by atoms with van der Waals surface area (Å²) in [6, 6.07) is 0. The average Bonchev–Trinajstić information content (AvgIpc) is 2.10. The number of hydrogen-bond donors (Lipinski definition) is 2. The predicted octanol–water partition coefficient (Wildman–Crippen LogP) is 0.387. The molecule has 0 saturated heterocycles. The molecule has 0 aliphatic rings. The zero-order valence-corrected chi connectivity index (χ0v) is 7.45. The first-order chi connectivity index (χ1) is 5.72. The minimum Gasteiger partial charge on any atom is -0.396 e. The summed E-state index contributed by atoms with van der Waals surface area (Å²) in [7, 11) is 0. The van der Waals surface area contributed by atoms with Crippen LogP contribution in [-0.2, 0) is 9.63 Å². The molecule has 0 aliphatic carbocycles. The van der Waals surface area contributed by atoms with Gasteiger partial charge in [0, 0.05) is 13.0 Å². The maximum absolute atomic E-state index is 11.1. The van der Waals surface area contributed by atoms with Crippen molar-refractivity contribution in [3.05, 3.63) is 0 Å². The van der Waals surface area contributed by atoms with E-state index >= 15 is 0 Å². The zero-order valence-electron chi connectivity index (χ0n) is 7.45. The molecule has 0 amide bonds. The standard InChI is InChI=1S/C8H17NO3/c1-7(12-9)8(11)5-3-2-4-6-10/h7,10H,2-6,9H2,1H3. The molecule has 0 radical (unpaired) electrons. The summed E-state index contributed by atoms with van der Waals surface area (Å²) in [5.41, 5.74) is 0. The maximum Gasteiger partial charge on any atom is 0.163 e. The highest BCUT2D eigenvalue weighted by molar-refractivity contribution is 5.82. The van der Waals surface area contributed by atoms with Crippen LogP contribution in [0.2, 0.25) is 0 Å². The van der Waals surface area contributed by atoms with Crippen LogP contribution in [0.4, 0.5) is 0 Å². The number of aliphatic hydroxyl groups excluding tert-OH is 1. The van der Waals surface area contributed by atoms with Gasteiger partial charge in [-0.2, -0.15) is 0 Å². The molecule has 0 fully saturated rings. The molecule has 0 aliphatic heterocycles. The lowest BCUT2D eigenvalue weighted by Crippen LogP contribution is -2.23. The van der Waals surface area contributed by atoms with E-state index in [9.17, 15) is 4.79 Å². The molecule has 0 aromatic heterocycles. The Morgan fingerprint density at radius 2 is 2.17 bits per heavy atom. The van der Waals surface area contributed by atoms with Crippen molar-refractivity contribution in [1.82, 2.24) is 0 Å². The normalized spacial score (nSPS) is 12.9. The van der Waals surface area contributed by atoms with E-state index in [0.717, 1.165) is 19.3 Å². The van der Waals surface area contributed by atoms with Gasteiger partial charge >= 0.3 is 0 Å². The first kappa shape index (κ1) is 11.6. The molecule has 0 aromatic rings. The molecule has 72 valence electrons. The van der Waals surface area contributed by atoms with Crippen LogP contribution in [0.5, 0.6) is 0 Å². The third-order valence-electron chi connectivity index (χ3n) is 1.74. The Kier molecular flexibility index (Phi) is 6.94. The Hall–Kier alpha value is -0.450. The van der Waals surface area contributed by atoms with Crippen molar-refractivity contribution < 1.29 is 14.7 Å². The molecule has 0 aromatic carbocycles. The second-order valence-corrected chi connectivity index (χ2v) is 2.78. The van der Waals surface area contributed by atoms with Crippen LogP contribution in [0.25, 0.3) is 0 Å². The van der Waals surface area contributed by atoms with Crippen molar-refractivity contribution >= 4 is 5.78 Å². The number of nitrogens with two attached hydrogens (primary N) is 1. The van der Waals surface area contributed by atoms with Gasteiger partial charge in [0.15, 0.2) is 5.78 Å². The topological polar surface area (TPSA) is 72.5 Å². The molecule has 12 heavy (non-hydrogen) atoms. The summed E-state index contributed by atoms with van der Waals surface area (Å²) < 4.78 is 0. The third kappa shape index (κ3) is 5.23. The quantitative estimate of drug-likeness (QED) is 0.433. The molecule has 1 atom stereocenters. The van der Waals surface area contributed by atoms with Gasteiger partial charge in [0.25, 0.3) is 0 Å². The summed E-state index contributed by atoms with van der Waals surface area (Å²) in [5, 5.41) is 8.46. The van der Waals surface area contributed by atoms with E-state index in [2.05, 4.69) is 4.84 Å². The van der Waals surface area contributed by atoms with Gasteiger partial charge in [0.1, 0.15) is 6.10 Å². The Balaban J connectivity index is 3.31. The number of unbranched alkanes of at least 4 members (excludes halogenated alkanes) is 2. The molecule has 3 N–H and O–H groups in total. The lowest BCUT2D eigenvalue weighted by Gasteiger charge is -2.06. The van der Waals surface area contributed by atoms with Crippen molar-refractivity contribution in [2.24, 2.45) is 5.90 Å². The molecular weight excluding hydrogens is 158 g/mol. The van der Waals surface area contributed by atoms with Crippen molar-refractivity contribution in [3.63, 3.8) is 0 Å². The van der Waals surface area contributed by atoms with E-state index in [0.29, 0.717) is 6.42 Å². The fraction of sp³-hybridized carbons (Fsp3) is 0.875. The van der Waals surface area contributed by atoms with E-state index < -0.39 is 6.10 Å². The predicted molar refractivity (Wildman–Crippen MR) is 45.3 cm³/mol. The Bertz CT molecular complexity index is 127. The monoisotopic (exact) mass is 175 g/mol. The zero-order chi connectivity index (χ0) is 9.40. The van der Waals surface area contributed by atoms with E-state index in [1.54, 1.807) is 6.92 Å². The number of ketones is 1. The molecule has 0 bridgehead atoms. The van der Waals surface area contributed by atoms with Crippen LogP contribution in [0.15, 0.2) is 0 Å². The van der Waals surface area contributed by atoms with Gasteiger partial charge in [-0.3, -0.25) is 9.63 Å². The largest absolute Gasteiger partial charge is 0.396 e. The molecule has 0 rings (SSSR count). The Morgan fingerprint density at radius 1 is 1.50 bits per heavy atom. The van der Waals surface area contributed by atoms with E-state index in [1.807, 2.05) is 0 Å². The van der Waals surface area contributed by atoms with Crippen LogP contribution >= 0.6 is 0 Å². The second-order valence-electron chi connectivity index (χ2n) is 2.78. The molecule has 4 heteroatoms. The van der Waals surface area contributed by atoms with Crippen molar-refractivity contribution in [2.75, 3.05) is 6.61 Å². The number of Topliss-reactive ketones (excluding diaryl/α,β-unsaturated/α-hetero) is 1. The van der Waals surface area contributed by atoms with Gasteiger partial charge in [0.2, 0.25) is 0 Å². The average molecular weight is 175 g/mol. The number of carbonyl (C=O) groups excluding carboxylic acids is 1. The van der Waals surface area contributed by atoms with Crippen molar-refractivity contribution in [3.8, 4) is 0 Å². The SMILES string of the molecule is CC(ON)C(=O)CCCCCO. The van der Waals surface area contributed by atoms with Crippen LogP contribution in [0.3, 0.4) is 0 Å². The van der Waals surface area contributed by atoms with Gasteiger partial charge in [-0.1, -0.05) is 6.42 Å². The van der Waals surface area contributed by atoms with Crippen molar-refractivity contribution in [1.29, 1.82) is 0 Å². The van der Waals surface area contributed by atoms with Crippen molar-refractivity contribution in [2.45, 2.75) is 38.7 Å². The van der Waals surface area contributed by atoms with Crippen LogP contribution in [0.1, 0.15) is 32.6 Å². The van der Waals surface area contributed by atoms with E-state index in [-0.39, 0.29) is 12.4 Å². The summed E-state index contributed by atoms with van der Waals surface area (Å²) in [4.78, 5) is 15.4. The lowest BCUT2D eigenvalue weighted by molar-refractivity contribution is -0.129. The number of carbonyl (C=O) groups is 1. The fourth-order valence-corrected chi connectivity index (χ4v) is 0.867. The fourth-order valence-electron chi connectivity index (χ4n) is 0.867. The van der Waals surface area contributed by atoms with Crippen LogP contribution in [-0.4, -0.2) is 23.6 Å². The van der Waals surface area contributed by atoms with Gasteiger partial charge in [-0.05, 0) is 19.8 Å². The highest BCUT2D eigenvalue weighted by atomic mass is 16.6. The first-order valence-electron chi connectivity index (χ1n) is 4.21. The number of hydrogen-bond acceptors (Lipinski definition) is 4. The molecule has 1 unspecified atom stereocenters. The molecule has 4 nitrogen and oxygen atoms in total. The summed E-state index contributed by atoms with van der Waals surface area (Å²) in [6.45, 7) is 1.82. The van der Waals surface area contributed by atoms with Gasteiger partial charge in [-0.25, -0.2) is 5.90 Å². The van der Waals surface area contributed by atoms with Crippen LogP contribution < -0.4 is 5.90 Å². The lowest BCUT2D eigenvalue weighted by atomic mass is 10.1. The Morgan fingerprint density at radius 3 is 2.67 bits per heavy atom. The molecule has 0 spiro atoms. The molecule has 0 heterocycles. The maximum atomic E-state index is 11.1. The molecular formula is C8H17NO3. The molecule has 0 saturated carbocycles. The van der Waals surface area contributed by atoms with E-state index in [4.69, 9.17) is 11.0 Å². The minimum atomic E-state index is -0.501. The van der Waals surface area contributed by atoms with E-state index in [1.165, 1.54) is 0 Å². The summed E-state index contributed by atoms with van der Waals surface area (Å²) in [5.74, 6) is 4.87.